The Bertz CT molecular complexity index is 313. The Morgan fingerprint density at radius 3 is 2.20 bits per heavy atom. The minimum absolute atomic E-state index is 0.628. The summed E-state index contributed by atoms with van der Waals surface area (Å²) < 4.78 is 4.82. The molecule has 0 spiro atoms. The molecule has 0 saturated heterocycles. The van der Waals surface area contributed by atoms with Crippen molar-refractivity contribution < 1.29 is 19.4 Å². The summed E-state index contributed by atoms with van der Waals surface area (Å²) in [6.07, 6.45) is -0.628. The van der Waals surface area contributed by atoms with Crippen LogP contribution in [0.5, 0.6) is 0 Å². The number of nitrogens with zero attached hydrogens (tertiary/aromatic N) is 1. The van der Waals surface area contributed by atoms with Gasteiger partial charge in [-0.15, -0.1) is 0 Å². The number of esters is 1. The van der Waals surface area contributed by atoms with E-state index < -0.39 is 29.5 Å². The van der Waals surface area contributed by atoms with E-state index in [0.717, 1.165) is 0 Å². The SMILES string of the molecule is CC(C)(C)OC(=O)C(N)(CC#N)C(=O)O. The number of nitrogens with two attached hydrogens (primary N) is 1. The Labute approximate surface area is 87.6 Å². The van der Waals surface area contributed by atoms with Crippen molar-refractivity contribution >= 4 is 11.9 Å². The summed E-state index contributed by atoms with van der Waals surface area (Å²) >= 11 is 0. The van der Waals surface area contributed by atoms with Gasteiger partial charge >= 0.3 is 11.9 Å². The van der Waals surface area contributed by atoms with Crippen LogP contribution in [0.25, 0.3) is 0 Å². The van der Waals surface area contributed by atoms with Crippen LogP contribution >= 0.6 is 0 Å². The fourth-order valence-corrected chi connectivity index (χ4v) is 0.729. The molecular weight excluding hydrogens is 200 g/mol. The predicted octanol–water partition coefficient (Wildman–Crippen LogP) is 0.0239. The molecule has 3 N–H and O–H groups in total. The van der Waals surface area contributed by atoms with Gasteiger partial charge in [-0.1, -0.05) is 0 Å². The van der Waals surface area contributed by atoms with Crippen molar-refractivity contribution in [2.45, 2.75) is 38.3 Å². The number of carbonyl (C=O) groups is 2. The molecular formula is C9H14N2O4. The number of aliphatic carboxylic acids is 1. The normalized spacial score (nSPS) is 14.9. The van der Waals surface area contributed by atoms with E-state index in [-0.39, 0.29) is 0 Å². The van der Waals surface area contributed by atoms with Crippen LogP contribution in [0.1, 0.15) is 27.2 Å². The first-order valence-electron chi connectivity index (χ1n) is 4.26. The zero-order chi connectivity index (χ0) is 12.3. The maximum absolute atomic E-state index is 11.4. The lowest BCUT2D eigenvalue weighted by Crippen LogP contribution is -2.56. The molecule has 0 amide bonds. The van der Waals surface area contributed by atoms with Crippen LogP contribution in [-0.4, -0.2) is 28.2 Å². The van der Waals surface area contributed by atoms with Gasteiger partial charge in [-0.25, -0.2) is 9.59 Å². The number of rotatable bonds is 3. The molecule has 0 aliphatic carbocycles. The molecule has 0 aromatic rings. The molecule has 0 aliphatic heterocycles. The maximum Gasteiger partial charge on any atom is 0.339 e. The fourth-order valence-electron chi connectivity index (χ4n) is 0.729. The number of hydrogen-bond donors (Lipinski definition) is 2. The number of carboxylic acid groups (broad SMARTS) is 1. The van der Waals surface area contributed by atoms with Crippen molar-refractivity contribution in [3.63, 3.8) is 0 Å². The standard InChI is InChI=1S/C9H14N2O4/c1-8(2,3)15-7(14)9(11,4-5-10)6(12)13/h4,11H2,1-3H3,(H,12,13). The lowest BCUT2D eigenvalue weighted by atomic mass is 9.97. The monoisotopic (exact) mass is 214 g/mol. The zero-order valence-electron chi connectivity index (χ0n) is 8.90. The summed E-state index contributed by atoms with van der Waals surface area (Å²) in [5, 5.41) is 17.2. The molecule has 0 aromatic carbocycles. The molecule has 0 aromatic heterocycles. The van der Waals surface area contributed by atoms with Crippen LogP contribution in [0.2, 0.25) is 0 Å². The van der Waals surface area contributed by atoms with Crippen molar-refractivity contribution in [2.24, 2.45) is 5.73 Å². The Kier molecular flexibility index (Phi) is 3.82. The van der Waals surface area contributed by atoms with Gasteiger partial charge in [0.05, 0.1) is 12.5 Å². The third-order valence-corrected chi connectivity index (χ3v) is 1.50. The summed E-state index contributed by atoms with van der Waals surface area (Å²) in [7, 11) is 0. The van der Waals surface area contributed by atoms with Crippen LogP contribution in [0.3, 0.4) is 0 Å². The molecule has 84 valence electrons. The first-order valence-corrected chi connectivity index (χ1v) is 4.26. The molecule has 1 atom stereocenters. The largest absolute Gasteiger partial charge is 0.479 e. The van der Waals surface area contributed by atoms with E-state index in [1.54, 1.807) is 26.8 Å². The van der Waals surface area contributed by atoms with E-state index >= 15 is 0 Å². The summed E-state index contributed by atoms with van der Waals surface area (Å²) in [6, 6.07) is 1.55. The minimum Gasteiger partial charge on any atom is -0.479 e. The second-order valence-electron chi connectivity index (χ2n) is 4.11. The molecule has 0 saturated carbocycles. The summed E-state index contributed by atoms with van der Waals surface area (Å²) in [6.45, 7) is 4.75. The quantitative estimate of drug-likeness (QED) is 0.506. The third-order valence-electron chi connectivity index (χ3n) is 1.50. The molecule has 0 aliphatic rings. The lowest BCUT2D eigenvalue weighted by molar-refractivity contribution is -0.168. The van der Waals surface area contributed by atoms with Gasteiger partial charge in [-0.05, 0) is 20.8 Å². The molecule has 0 radical (unpaired) electrons. The highest BCUT2D eigenvalue weighted by atomic mass is 16.6. The number of nitriles is 1. The molecule has 15 heavy (non-hydrogen) atoms. The molecule has 0 rings (SSSR count). The molecule has 0 fully saturated rings. The second kappa shape index (κ2) is 4.28. The molecule has 0 bridgehead atoms. The maximum atomic E-state index is 11.4. The van der Waals surface area contributed by atoms with Crippen LogP contribution in [0, 0.1) is 11.3 Å². The van der Waals surface area contributed by atoms with Crippen LogP contribution in [0.4, 0.5) is 0 Å². The van der Waals surface area contributed by atoms with Gasteiger partial charge in [0.2, 0.25) is 5.54 Å². The average Bonchev–Trinajstić information content (AvgIpc) is 2.00. The third kappa shape index (κ3) is 3.56. The smallest absolute Gasteiger partial charge is 0.339 e. The van der Waals surface area contributed by atoms with E-state index in [2.05, 4.69) is 0 Å². The summed E-state index contributed by atoms with van der Waals surface area (Å²) in [4.78, 5) is 22.2. The van der Waals surface area contributed by atoms with Gasteiger partial charge in [0.25, 0.3) is 0 Å². The van der Waals surface area contributed by atoms with Gasteiger partial charge in [0.1, 0.15) is 5.60 Å². The molecule has 6 nitrogen and oxygen atoms in total. The average molecular weight is 214 g/mol. The Morgan fingerprint density at radius 2 is 1.93 bits per heavy atom. The Morgan fingerprint density at radius 1 is 1.47 bits per heavy atom. The topological polar surface area (TPSA) is 113 Å². The lowest BCUT2D eigenvalue weighted by Gasteiger charge is -2.26. The van der Waals surface area contributed by atoms with E-state index in [1.165, 1.54) is 0 Å². The zero-order valence-corrected chi connectivity index (χ0v) is 8.90. The van der Waals surface area contributed by atoms with E-state index in [1.807, 2.05) is 0 Å². The van der Waals surface area contributed by atoms with E-state index in [4.69, 9.17) is 20.8 Å². The van der Waals surface area contributed by atoms with Gasteiger partial charge in [0.15, 0.2) is 0 Å². The number of carbonyl (C=O) groups excluding carboxylic acids is 1. The van der Waals surface area contributed by atoms with Crippen molar-refractivity contribution in [1.82, 2.24) is 0 Å². The highest BCUT2D eigenvalue weighted by Crippen LogP contribution is 2.15. The Balaban J connectivity index is 4.90. The summed E-state index contributed by atoms with van der Waals surface area (Å²) in [5.41, 5.74) is 2.18. The van der Waals surface area contributed by atoms with Gasteiger partial charge < -0.3 is 15.6 Å². The van der Waals surface area contributed by atoms with Crippen molar-refractivity contribution in [3.05, 3.63) is 0 Å². The van der Waals surface area contributed by atoms with E-state index in [9.17, 15) is 9.59 Å². The van der Waals surface area contributed by atoms with Gasteiger partial charge in [0, 0.05) is 0 Å². The Hall–Kier alpha value is -1.61. The predicted molar refractivity (Wildman–Crippen MR) is 50.6 cm³/mol. The van der Waals surface area contributed by atoms with Gasteiger partial charge in [-0.3, -0.25) is 0 Å². The minimum atomic E-state index is -2.29. The van der Waals surface area contributed by atoms with Crippen molar-refractivity contribution in [1.29, 1.82) is 5.26 Å². The fraction of sp³-hybridized carbons (Fsp3) is 0.667. The number of ether oxygens (including phenoxy) is 1. The van der Waals surface area contributed by atoms with Crippen molar-refractivity contribution in [2.75, 3.05) is 0 Å². The first kappa shape index (κ1) is 13.4. The highest BCUT2D eigenvalue weighted by molar-refractivity contribution is 6.04. The van der Waals surface area contributed by atoms with Crippen LogP contribution in [0.15, 0.2) is 0 Å². The van der Waals surface area contributed by atoms with E-state index in [0.29, 0.717) is 0 Å². The van der Waals surface area contributed by atoms with Gasteiger partial charge in [-0.2, -0.15) is 5.26 Å². The van der Waals surface area contributed by atoms with Crippen molar-refractivity contribution in [3.8, 4) is 6.07 Å². The number of carboxylic acids is 1. The highest BCUT2D eigenvalue weighted by Gasteiger charge is 2.45. The van der Waals surface area contributed by atoms with Crippen LogP contribution < -0.4 is 5.73 Å². The number of hydrogen-bond acceptors (Lipinski definition) is 5. The van der Waals surface area contributed by atoms with Crippen LogP contribution in [-0.2, 0) is 14.3 Å². The second-order valence-corrected chi connectivity index (χ2v) is 4.11. The first-order chi connectivity index (χ1) is 6.63. The summed E-state index contributed by atoms with van der Waals surface area (Å²) in [5.74, 6) is -2.68. The molecule has 1 unspecified atom stereocenters. The molecule has 6 heteroatoms. The molecule has 0 heterocycles.